The van der Waals surface area contributed by atoms with Crippen molar-refractivity contribution < 1.29 is 8.42 Å². The third kappa shape index (κ3) is 5.14. The van der Waals surface area contributed by atoms with Gasteiger partial charge in [-0.2, -0.15) is 0 Å². The molecule has 0 amide bonds. The summed E-state index contributed by atoms with van der Waals surface area (Å²) >= 11 is 0. The molecule has 0 saturated carbocycles. The molecule has 0 spiro atoms. The lowest BCUT2D eigenvalue weighted by Crippen LogP contribution is -2.29. The lowest BCUT2D eigenvalue weighted by atomic mass is 10.1. The van der Waals surface area contributed by atoms with Crippen molar-refractivity contribution in [2.24, 2.45) is 5.73 Å². The van der Waals surface area contributed by atoms with E-state index >= 15 is 0 Å². The highest BCUT2D eigenvalue weighted by atomic mass is 32.2. The molecule has 0 radical (unpaired) electrons. The van der Waals surface area contributed by atoms with Crippen LogP contribution in [0.25, 0.3) is 0 Å². The minimum absolute atomic E-state index is 0.0193. The van der Waals surface area contributed by atoms with Gasteiger partial charge >= 0.3 is 0 Å². The zero-order valence-corrected chi connectivity index (χ0v) is 12.2. The SMILES string of the molecule is C=CCCCN(C)S(=O)(=O)Cc1cccc(CN)c1. The average Bonchev–Trinajstić information content (AvgIpc) is 2.38. The highest BCUT2D eigenvalue weighted by molar-refractivity contribution is 7.88. The van der Waals surface area contributed by atoms with Crippen molar-refractivity contribution in [1.29, 1.82) is 0 Å². The largest absolute Gasteiger partial charge is 0.326 e. The van der Waals surface area contributed by atoms with E-state index in [1.54, 1.807) is 13.1 Å². The minimum atomic E-state index is -3.26. The van der Waals surface area contributed by atoms with Gasteiger partial charge in [0.25, 0.3) is 0 Å². The van der Waals surface area contributed by atoms with Crippen molar-refractivity contribution >= 4 is 10.0 Å². The van der Waals surface area contributed by atoms with E-state index in [1.807, 2.05) is 24.3 Å². The summed E-state index contributed by atoms with van der Waals surface area (Å²) in [5.41, 5.74) is 7.28. The molecule has 0 heterocycles. The van der Waals surface area contributed by atoms with E-state index in [0.717, 1.165) is 24.0 Å². The first-order valence-corrected chi connectivity index (χ1v) is 7.93. The van der Waals surface area contributed by atoms with Gasteiger partial charge in [0.15, 0.2) is 0 Å². The van der Waals surface area contributed by atoms with Crippen molar-refractivity contribution in [3.05, 3.63) is 48.0 Å². The zero-order chi connectivity index (χ0) is 14.3. The molecule has 106 valence electrons. The molecule has 5 heteroatoms. The molecule has 0 saturated heterocycles. The van der Waals surface area contributed by atoms with Gasteiger partial charge in [-0.25, -0.2) is 12.7 Å². The highest BCUT2D eigenvalue weighted by Gasteiger charge is 2.17. The first-order chi connectivity index (χ1) is 8.99. The first kappa shape index (κ1) is 15.9. The quantitative estimate of drug-likeness (QED) is 0.585. The Balaban J connectivity index is 2.69. The van der Waals surface area contributed by atoms with Crippen LogP contribution in [0.2, 0.25) is 0 Å². The van der Waals surface area contributed by atoms with E-state index in [1.165, 1.54) is 4.31 Å². The van der Waals surface area contributed by atoms with E-state index < -0.39 is 10.0 Å². The maximum Gasteiger partial charge on any atom is 0.218 e. The Kier molecular flexibility index (Phi) is 6.21. The summed E-state index contributed by atoms with van der Waals surface area (Å²) in [5, 5.41) is 0. The Morgan fingerprint density at radius 3 is 2.68 bits per heavy atom. The van der Waals surface area contributed by atoms with E-state index in [2.05, 4.69) is 6.58 Å². The fourth-order valence-corrected chi connectivity index (χ4v) is 2.99. The van der Waals surface area contributed by atoms with Crippen LogP contribution in [0.4, 0.5) is 0 Å². The van der Waals surface area contributed by atoms with Crippen LogP contribution in [0.15, 0.2) is 36.9 Å². The van der Waals surface area contributed by atoms with Crippen LogP contribution in [0.1, 0.15) is 24.0 Å². The number of sulfonamides is 1. The van der Waals surface area contributed by atoms with E-state index in [0.29, 0.717) is 13.1 Å². The van der Waals surface area contributed by atoms with Crippen molar-refractivity contribution in [3.8, 4) is 0 Å². The molecule has 1 aromatic carbocycles. The summed E-state index contributed by atoms with van der Waals surface area (Å²) in [7, 11) is -1.64. The fraction of sp³-hybridized carbons (Fsp3) is 0.429. The van der Waals surface area contributed by atoms with Crippen LogP contribution < -0.4 is 5.73 Å². The normalized spacial score (nSPS) is 11.7. The van der Waals surface area contributed by atoms with Gasteiger partial charge < -0.3 is 5.73 Å². The zero-order valence-electron chi connectivity index (χ0n) is 11.4. The number of allylic oxidation sites excluding steroid dienone is 1. The van der Waals surface area contributed by atoms with Gasteiger partial charge in [-0.1, -0.05) is 30.3 Å². The van der Waals surface area contributed by atoms with Gasteiger partial charge in [-0.3, -0.25) is 0 Å². The Hall–Kier alpha value is -1.17. The summed E-state index contributed by atoms with van der Waals surface area (Å²) < 4.78 is 25.7. The molecule has 0 aliphatic heterocycles. The summed E-state index contributed by atoms with van der Waals surface area (Å²) in [6.07, 6.45) is 3.41. The van der Waals surface area contributed by atoms with Crippen molar-refractivity contribution in [2.45, 2.75) is 25.1 Å². The highest BCUT2D eigenvalue weighted by Crippen LogP contribution is 2.12. The Bertz CT molecular complexity index is 512. The predicted molar refractivity (Wildman–Crippen MR) is 79.0 cm³/mol. The number of nitrogens with zero attached hydrogens (tertiary/aromatic N) is 1. The Morgan fingerprint density at radius 2 is 2.05 bits per heavy atom. The predicted octanol–water partition coefficient (Wildman–Crippen LogP) is 1.87. The van der Waals surface area contributed by atoms with Crippen LogP contribution in [-0.4, -0.2) is 26.3 Å². The second kappa shape index (κ2) is 7.43. The molecule has 0 aliphatic carbocycles. The molecular weight excluding hydrogens is 260 g/mol. The summed E-state index contributed by atoms with van der Waals surface area (Å²) in [6, 6.07) is 7.39. The molecule has 1 aromatic rings. The molecule has 0 fully saturated rings. The molecule has 0 aliphatic rings. The molecule has 4 nitrogen and oxygen atoms in total. The number of benzene rings is 1. The number of hydrogen-bond donors (Lipinski definition) is 1. The van der Waals surface area contributed by atoms with Crippen molar-refractivity contribution in [3.63, 3.8) is 0 Å². The summed E-state index contributed by atoms with van der Waals surface area (Å²) in [6.45, 7) is 4.57. The van der Waals surface area contributed by atoms with Gasteiger partial charge in [0.05, 0.1) is 5.75 Å². The maximum absolute atomic E-state index is 12.2. The average molecular weight is 282 g/mol. The Labute approximate surface area is 116 Å². The monoisotopic (exact) mass is 282 g/mol. The van der Waals surface area contributed by atoms with Crippen LogP contribution in [0, 0.1) is 0 Å². The Morgan fingerprint density at radius 1 is 1.37 bits per heavy atom. The minimum Gasteiger partial charge on any atom is -0.326 e. The molecule has 0 bridgehead atoms. The van der Waals surface area contributed by atoms with E-state index in [4.69, 9.17) is 5.73 Å². The van der Waals surface area contributed by atoms with Gasteiger partial charge in [-0.15, -0.1) is 6.58 Å². The van der Waals surface area contributed by atoms with Crippen LogP contribution in [-0.2, 0) is 22.3 Å². The number of hydrogen-bond acceptors (Lipinski definition) is 3. The van der Waals surface area contributed by atoms with Crippen LogP contribution in [0.3, 0.4) is 0 Å². The molecule has 19 heavy (non-hydrogen) atoms. The third-order valence-electron chi connectivity index (χ3n) is 2.93. The summed E-state index contributed by atoms with van der Waals surface area (Å²) in [5.74, 6) is 0.0193. The lowest BCUT2D eigenvalue weighted by molar-refractivity contribution is 0.462. The summed E-state index contributed by atoms with van der Waals surface area (Å²) in [4.78, 5) is 0. The molecule has 0 aromatic heterocycles. The van der Waals surface area contributed by atoms with E-state index in [-0.39, 0.29) is 5.75 Å². The van der Waals surface area contributed by atoms with Crippen molar-refractivity contribution in [1.82, 2.24) is 4.31 Å². The van der Waals surface area contributed by atoms with Gasteiger partial charge in [0.2, 0.25) is 10.0 Å². The molecule has 0 unspecified atom stereocenters. The topological polar surface area (TPSA) is 63.4 Å². The molecule has 1 rings (SSSR count). The number of unbranched alkanes of at least 4 members (excludes halogenated alkanes) is 1. The van der Waals surface area contributed by atoms with Gasteiger partial charge in [0, 0.05) is 20.1 Å². The molecule has 2 N–H and O–H groups in total. The second-order valence-corrected chi connectivity index (χ2v) is 6.61. The number of rotatable bonds is 8. The first-order valence-electron chi connectivity index (χ1n) is 6.32. The molecular formula is C14H22N2O2S. The second-order valence-electron chi connectivity index (χ2n) is 4.53. The van der Waals surface area contributed by atoms with Gasteiger partial charge in [-0.05, 0) is 24.0 Å². The lowest BCUT2D eigenvalue weighted by Gasteiger charge is -2.17. The van der Waals surface area contributed by atoms with Crippen LogP contribution >= 0.6 is 0 Å². The van der Waals surface area contributed by atoms with Gasteiger partial charge in [0.1, 0.15) is 0 Å². The smallest absolute Gasteiger partial charge is 0.218 e. The van der Waals surface area contributed by atoms with Crippen molar-refractivity contribution in [2.75, 3.05) is 13.6 Å². The molecule has 0 atom stereocenters. The van der Waals surface area contributed by atoms with E-state index in [9.17, 15) is 8.42 Å². The van der Waals surface area contributed by atoms with Crippen LogP contribution in [0.5, 0.6) is 0 Å². The fourth-order valence-electron chi connectivity index (χ4n) is 1.76. The third-order valence-corrected chi connectivity index (χ3v) is 4.76. The maximum atomic E-state index is 12.2. The number of nitrogens with two attached hydrogens (primary N) is 1. The standard InChI is InChI=1S/C14H22N2O2S/c1-3-4-5-9-16(2)19(17,18)12-14-8-6-7-13(10-14)11-15/h3,6-8,10H,1,4-5,9,11-12,15H2,2H3.